The van der Waals surface area contributed by atoms with Crippen molar-refractivity contribution in [1.29, 1.82) is 0 Å². The highest BCUT2D eigenvalue weighted by atomic mass is 16.5. The third-order valence-electron chi connectivity index (χ3n) is 2.82. The molecule has 1 heterocycles. The molecule has 6 nitrogen and oxygen atoms in total. The first kappa shape index (κ1) is 13.9. The summed E-state index contributed by atoms with van der Waals surface area (Å²) in [7, 11) is 2.03. The molecule has 98 valence electrons. The summed E-state index contributed by atoms with van der Waals surface area (Å²) >= 11 is 0. The quantitative estimate of drug-likeness (QED) is 0.731. The number of rotatable bonds is 4. The molecule has 17 heavy (non-hydrogen) atoms. The number of hydrogen-bond donors (Lipinski definition) is 1. The molecular weight excluding hydrogens is 224 g/mol. The number of nitrogens with zero attached hydrogens (tertiary/aromatic N) is 2. The molecule has 0 aliphatic carbocycles. The second kappa shape index (κ2) is 6.56. The van der Waals surface area contributed by atoms with Crippen LogP contribution in [0.1, 0.15) is 13.3 Å². The maximum atomic E-state index is 11.8. The van der Waals surface area contributed by atoms with Crippen LogP contribution in [0.3, 0.4) is 0 Å². The van der Waals surface area contributed by atoms with Gasteiger partial charge in [-0.1, -0.05) is 0 Å². The van der Waals surface area contributed by atoms with E-state index in [4.69, 9.17) is 9.84 Å². The number of likely N-dealkylation sites (N-methyl/N-ethyl adjacent to an activating group) is 1. The zero-order chi connectivity index (χ0) is 12.8. The minimum atomic E-state index is -1.05. The molecular formula is C11H20N2O4. The van der Waals surface area contributed by atoms with E-state index in [2.05, 4.69) is 4.90 Å². The highest BCUT2D eigenvalue weighted by molar-refractivity contribution is 5.78. The number of aliphatic carboxylic acids is 1. The van der Waals surface area contributed by atoms with Crippen LogP contribution in [0.15, 0.2) is 0 Å². The molecule has 6 heteroatoms. The maximum absolute atomic E-state index is 11.8. The van der Waals surface area contributed by atoms with E-state index in [0.29, 0.717) is 6.54 Å². The fourth-order valence-corrected chi connectivity index (χ4v) is 2.05. The van der Waals surface area contributed by atoms with Gasteiger partial charge >= 0.3 is 5.97 Å². The lowest BCUT2D eigenvalue weighted by atomic mass is 10.2. The Morgan fingerprint density at radius 1 is 1.35 bits per heavy atom. The summed E-state index contributed by atoms with van der Waals surface area (Å²) in [6, 6.07) is 0.142. The molecule has 1 unspecified atom stereocenters. The van der Waals surface area contributed by atoms with E-state index in [-0.39, 0.29) is 18.6 Å². The Morgan fingerprint density at radius 2 is 2.06 bits per heavy atom. The predicted molar refractivity (Wildman–Crippen MR) is 61.7 cm³/mol. The Labute approximate surface area is 101 Å². The third kappa shape index (κ3) is 4.70. The van der Waals surface area contributed by atoms with Crippen LogP contribution in [-0.4, -0.2) is 72.7 Å². The summed E-state index contributed by atoms with van der Waals surface area (Å²) in [6.07, 6.45) is 0.936. The summed E-state index contributed by atoms with van der Waals surface area (Å²) in [5.74, 6) is -1.18. The van der Waals surface area contributed by atoms with Gasteiger partial charge in [0.05, 0.1) is 0 Å². The van der Waals surface area contributed by atoms with Crippen LogP contribution >= 0.6 is 0 Å². The molecule has 1 fully saturated rings. The van der Waals surface area contributed by atoms with Crippen LogP contribution < -0.4 is 0 Å². The van der Waals surface area contributed by atoms with Gasteiger partial charge in [-0.15, -0.1) is 0 Å². The fraction of sp³-hybridized carbons (Fsp3) is 0.818. The zero-order valence-electron chi connectivity index (χ0n) is 10.4. The van der Waals surface area contributed by atoms with Crippen LogP contribution in [-0.2, 0) is 14.3 Å². The smallest absolute Gasteiger partial charge is 0.329 e. The van der Waals surface area contributed by atoms with Crippen molar-refractivity contribution in [1.82, 2.24) is 9.80 Å². The number of ether oxygens (including phenoxy) is 1. The molecule has 0 saturated carbocycles. The lowest BCUT2D eigenvalue weighted by molar-refractivity contribution is -0.146. The van der Waals surface area contributed by atoms with Crippen LogP contribution in [0.25, 0.3) is 0 Å². The number of carboxylic acid groups (broad SMARTS) is 1. The fourth-order valence-electron chi connectivity index (χ4n) is 2.05. The Kier molecular flexibility index (Phi) is 5.37. The maximum Gasteiger partial charge on any atom is 0.329 e. The highest BCUT2D eigenvalue weighted by Gasteiger charge is 2.23. The highest BCUT2D eigenvalue weighted by Crippen LogP contribution is 2.08. The molecule has 1 N–H and O–H groups in total. The molecule has 0 radical (unpaired) electrons. The van der Waals surface area contributed by atoms with E-state index in [1.807, 2.05) is 14.0 Å². The van der Waals surface area contributed by atoms with Crippen molar-refractivity contribution in [2.75, 3.05) is 39.9 Å². The van der Waals surface area contributed by atoms with Crippen molar-refractivity contribution < 1.29 is 19.4 Å². The minimum absolute atomic E-state index is 0.131. The van der Waals surface area contributed by atoms with Gasteiger partial charge in [0.1, 0.15) is 13.2 Å². The number of amides is 1. The largest absolute Gasteiger partial charge is 0.480 e. The first-order valence-electron chi connectivity index (χ1n) is 5.78. The van der Waals surface area contributed by atoms with Crippen molar-refractivity contribution in [3.05, 3.63) is 0 Å². The lowest BCUT2D eigenvalue weighted by Crippen LogP contribution is -2.43. The van der Waals surface area contributed by atoms with Crippen LogP contribution in [0.2, 0.25) is 0 Å². The molecule has 0 spiro atoms. The van der Waals surface area contributed by atoms with Gasteiger partial charge in [-0.25, -0.2) is 4.79 Å². The first-order valence-corrected chi connectivity index (χ1v) is 5.78. The second-order valence-electron chi connectivity index (χ2n) is 4.44. The summed E-state index contributed by atoms with van der Waals surface area (Å²) in [5.41, 5.74) is 0. The summed E-state index contributed by atoms with van der Waals surface area (Å²) in [4.78, 5) is 26.1. The van der Waals surface area contributed by atoms with E-state index in [1.165, 1.54) is 0 Å². The van der Waals surface area contributed by atoms with E-state index in [9.17, 15) is 9.59 Å². The van der Waals surface area contributed by atoms with Gasteiger partial charge < -0.3 is 19.6 Å². The van der Waals surface area contributed by atoms with E-state index < -0.39 is 12.6 Å². The van der Waals surface area contributed by atoms with Crippen molar-refractivity contribution in [2.45, 2.75) is 19.4 Å². The molecule has 1 rings (SSSR count). The Bertz CT molecular complexity index is 283. The molecule has 0 aromatic carbocycles. The molecule has 0 aromatic heterocycles. The van der Waals surface area contributed by atoms with Gasteiger partial charge in [0.25, 0.3) is 0 Å². The third-order valence-corrected chi connectivity index (χ3v) is 2.82. The van der Waals surface area contributed by atoms with Gasteiger partial charge in [-0.3, -0.25) is 4.79 Å². The second-order valence-corrected chi connectivity index (χ2v) is 4.44. The van der Waals surface area contributed by atoms with Crippen molar-refractivity contribution in [3.63, 3.8) is 0 Å². The molecule has 1 amide bonds. The van der Waals surface area contributed by atoms with Crippen molar-refractivity contribution in [3.8, 4) is 0 Å². The van der Waals surface area contributed by atoms with Gasteiger partial charge in [0.15, 0.2) is 0 Å². The number of carboxylic acids is 1. The van der Waals surface area contributed by atoms with Gasteiger partial charge in [-0.05, 0) is 26.9 Å². The van der Waals surface area contributed by atoms with Gasteiger partial charge in [0.2, 0.25) is 5.91 Å². The summed E-state index contributed by atoms with van der Waals surface area (Å²) in [6.45, 7) is 3.95. The molecule has 1 aliphatic rings. The average molecular weight is 244 g/mol. The SMILES string of the molecule is CC1CN(C)CCCN1C(=O)COCC(=O)O. The van der Waals surface area contributed by atoms with E-state index >= 15 is 0 Å². The molecule has 0 aromatic rings. The van der Waals surface area contributed by atoms with Crippen molar-refractivity contribution >= 4 is 11.9 Å². The number of carbonyl (C=O) groups excluding carboxylic acids is 1. The van der Waals surface area contributed by atoms with Crippen LogP contribution in [0.4, 0.5) is 0 Å². The molecule has 1 aliphatic heterocycles. The Morgan fingerprint density at radius 3 is 2.71 bits per heavy atom. The summed E-state index contributed by atoms with van der Waals surface area (Å²) in [5, 5.41) is 8.41. The normalized spacial score (nSPS) is 22.2. The molecule has 0 bridgehead atoms. The number of carbonyl (C=O) groups is 2. The topological polar surface area (TPSA) is 70.1 Å². The Hall–Kier alpha value is -1.14. The first-order chi connectivity index (χ1) is 8.00. The monoisotopic (exact) mass is 244 g/mol. The number of hydrogen-bond acceptors (Lipinski definition) is 4. The molecule has 1 atom stereocenters. The standard InChI is InChI=1S/C11H20N2O4/c1-9-6-12(2)4-3-5-13(9)10(14)7-17-8-11(15)16/h9H,3-8H2,1-2H3,(H,15,16). The van der Waals surface area contributed by atoms with Crippen molar-refractivity contribution in [2.24, 2.45) is 0 Å². The minimum Gasteiger partial charge on any atom is -0.480 e. The van der Waals surface area contributed by atoms with Gasteiger partial charge in [0, 0.05) is 19.1 Å². The van der Waals surface area contributed by atoms with E-state index in [1.54, 1.807) is 4.90 Å². The average Bonchev–Trinajstić information content (AvgIpc) is 2.38. The Balaban J connectivity index is 2.41. The zero-order valence-corrected chi connectivity index (χ0v) is 10.4. The van der Waals surface area contributed by atoms with Gasteiger partial charge in [-0.2, -0.15) is 0 Å². The summed E-state index contributed by atoms with van der Waals surface area (Å²) < 4.78 is 4.82. The van der Waals surface area contributed by atoms with Crippen LogP contribution in [0.5, 0.6) is 0 Å². The predicted octanol–water partition coefficient (Wildman–Crippen LogP) is -0.360. The lowest BCUT2D eigenvalue weighted by Gasteiger charge is -2.27. The van der Waals surface area contributed by atoms with Crippen LogP contribution in [0, 0.1) is 0 Å². The molecule has 1 saturated heterocycles. The van der Waals surface area contributed by atoms with E-state index in [0.717, 1.165) is 19.5 Å².